The van der Waals surface area contributed by atoms with E-state index in [1.54, 1.807) is 78.8 Å². The van der Waals surface area contributed by atoms with Crippen LogP contribution < -0.4 is 27.4 Å². The van der Waals surface area contributed by atoms with E-state index in [2.05, 4.69) is 140 Å². The third-order valence-electron chi connectivity index (χ3n) is 17.6. The molecule has 7 atom stereocenters. The number of ketones is 1. The molecule has 0 saturated carbocycles. The van der Waals surface area contributed by atoms with E-state index in [1.165, 1.54) is 16.0 Å². The summed E-state index contributed by atoms with van der Waals surface area (Å²) < 4.78 is 0. The first-order chi connectivity index (χ1) is 48.0. The zero-order valence-corrected chi connectivity index (χ0v) is 67.6. The topological polar surface area (TPSA) is 259 Å². The molecule has 0 spiro atoms. The Balaban J connectivity index is 0.000000423. The minimum Gasteiger partial charge on any atom is -0.480 e. The van der Waals surface area contributed by atoms with Crippen molar-refractivity contribution in [3.05, 3.63) is 192 Å². The van der Waals surface area contributed by atoms with Crippen molar-refractivity contribution in [3.8, 4) is 0 Å². The number of nitrogens with one attached hydrogen (secondary N) is 3. The molecule has 558 valence electrons. The number of thiazole rings is 3. The molecule has 7 aromatic rings. The molecule has 0 aliphatic carbocycles. The normalized spacial score (nSPS) is 13.3. The Morgan fingerprint density at radius 2 is 0.794 bits per heavy atom. The Kier molecular flexibility index (Phi) is 38.8. The molecule has 7 rings (SSSR count). The van der Waals surface area contributed by atoms with E-state index in [1.807, 2.05) is 92.4 Å². The van der Waals surface area contributed by atoms with E-state index in [9.17, 15) is 28.8 Å². The maximum Gasteiger partial charge on any atom is 0.326 e. The van der Waals surface area contributed by atoms with Crippen LogP contribution in [0, 0.1) is 29.6 Å². The molecule has 102 heavy (non-hydrogen) atoms. The molecular weight excluding hydrogens is 1450 g/mol. The molecule has 0 aliphatic rings. The second-order valence-corrected chi connectivity index (χ2v) is 31.5. The van der Waals surface area contributed by atoms with Gasteiger partial charge >= 0.3 is 18.0 Å². The zero-order valence-electron chi connectivity index (χ0n) is 62.8. The number of amides is 6. The Bertz CT molecular complexity index is 3390. The average molecular weight is 1570 g/mol. The predicted molar refractivity (Wildman–Crippen MR) is 428 cm³/mol. The number of carboxylic acid groups (broad SMARTS) is 1. The lowest BCUT2D eigenvalue weighted by molar-refractivity contribution is -0.140. The number of Topliss-reactive ketones (excluding diaryl/α,β-unsaturated/α-hetero) is 1. The molecule has 18 nitrogen and oxygen atoms in total. The Hall–Kier alpha value is -6.96. The third-order valence-corrected chi connectivity index (χ3v) is 21.2. The molecule has 22 heteroatoms. The quantitative estimate of drug-likeness (QED) is 0.0200. The molecule has 0 saturated heterocycles. The summed E-state index contributed by atoms with van der Waals surface area (Å²) in [6, 6.07) is 39.0. The number of nitrogens with two attached hydrogens (primary N) is 2. The van der Waals surface area contributed by atoms with E-state index in [0.29, 0.717) is 63.1 Å². The number of urea groups is 2. The minimum atomic E-state index is -1.03. The summed E-state index contributed by atoms with van der Waals surface area (Å²) in [7, 11) is 5.13. The largest absolute Gasteiger partial charge is 0.480 e. The van der Waals surface area contributed by atoms with Crippen LogP contribution in [0.15, 0.2) is 137 Å². The van der Waals surface area contributed by atoms with Crippen LogP contribution in [-0.4, -0.2) is 122 Å². The number of benzene rings is 4. The van der Waals surface area contributed by atoms with Gasteiger partial charge in [0.2, 0.25) is 11.8 Å². The lowest BCUT2D eigenvalue weighted by atomic mass is 9.84. The fraction of sp³-hybridized carbons (Fsp3) is 0.512. The van der Waals surface area contributed by atoms with Gasteiger partial charge in [-0.15, -0.1) is 58.0 Å². The Morgan fingerprint density at radius 3 is 1.14 bits per heavy atom. The minimum absolute atomic E-state index is 0. The van der Waals surface area contributed by atoms with E-state index < -0.39 is 30.0 Å². The predicted octanol–water partition coefficient (Wildman–Crippen LogP) is 15.7. The van der Waals surface area contributed by atoms with Crippen LogP contribution in [0.2, 0.25) is 0 Å². The SMILES string of the molecule is CC(C)c1nc(CN(C)C(=O)C[C@H](C(=O)N[C@H](CC[C@@H](CC(=O)[C@@H](NC(=O)N(C)Cc2csc(C(C)C)n2)C(C)C)Cc2ccccc2)Cc2ccccc2)C(C)C)cs1.CC(C)c1nc(CN(C)C(=O)N[C@H](C(=O)O)C(C)C)cs1.I.N[C@H](CC[C@@H](N)Cc1ccccc1)Cc1ccccc1. The second kappa shape index (κ2) is 45.3. The van der Waals surface area contributed by atoms with Crippen molar-refractivity contribution < 1.29 is 33.9 Å². The lowest BCUT2D eigenvalue weighted by Gasteiger charge is -2.28. The van der Waals surface area contributed by atoms with E-state index >= 15 is 0 Å². The molecule has 8 N–H and O–H groups in total. The van der Waals surface area contributed by atoms with Gasteiger partial charge in [0.1, 0.15) is 6.04 Å². The smallest absolute Gasteiger partial charge is 0.326 e. The number of hydrogen-bond donors (Lipinski definition) is 6. The molecule has 3 heterocycles. The number of halogens is 1. The van der Waals surface area contributed by atoms with Gasteiger partial charge in [-0.3, -0.25) is 14.4 Å². The first kappa shape index (κ1) is 87.4. The number of rotatable bonds is 36. The summed E-state index contributed by atoms with van der Waals surface area (Å²) in [6.45, 7) is 25.1. The van der Waals surface area contributed by atoms with Gasteiger partial charge in [0, 0.05) is 91.9 Å². The number of aliphatic carboxylic acids is 1. The lowest BCUT2D eigenvalue weighted by Crippen LogP contribution is -2.49. The van der Waals surface area contributed by atoms with Crippen molar-refractivity contribution in [2.24, 2.45) is 41.1 Å². The molecule has 0 radical (unpaired) electrons. The van der Waals surface area contributed by atoms with E-state index in [0.717, 1.165) is 68.9 Å². The van der Waals surface area contributed by atoms with Crippen molar-refractivity contribution in [2.45, 2.75) is 215 Å². The van der Waals surface area contributed by atoms with Crippen LogP contribution in [0.25, 0.3) is 0 Å². The highest BCUT2D eigenvalue weighted by Gasteiger charge is 2.32. The second-order valence-electron chi connectivity index (χ2n) is 28.9. The van der Waals surface area contributed by atoms with Crippen LogP contribution in [0.1, 0.15) is 194 Å². The molecule has 3 aromatic heterocycles. The van der Waals surface area contributed by atoms with Crippen LogP contribution in [-0.2, 0) is 64.5 Å². The number of nitrogens with zero attached hydrogens (tertiary/aromatic N) is 6. The van der Waals surface area contributed by atoms with Crippen molar-refractivity contribution in [2.75, 3.05) is 21.1 Å². The highest BCUT2D eigenvalue weighted by Crippen LogP contribution is 2.27. The van der Waals surface area contributed by atoms with Gasteiger partial charge < -0.3 is 47.2 Å². The van der Waals surface area contributed by atoms with Crippen molar-refractivity contribution >= 4 is 93.6 Å². The number of carbonyl (C=O) groups is 6. The molecule has 0 bridgehead atoms. The van der Waals surface area contributed by atoms with E-state index in [-0.39, 0.29) is 102 Å². The van der Waals surface area contributed by atoms with Gasteiger partial charge in [0.25, 0.3) is 0 Å². The number of aromatic nitrogens is 3. The van der Waals surface area contributed by atoms with Gasteiger partial charge in [0.05, 0.1) is 57.8 Å². The number of carboxylic acids is 1. The first-order valence-corrected chi connectivity index (χ1v) is 38.4. The van der Waals surface area contributed by atoms with Gasteiger partial charge in [-0.2, -0.15) is 0 Å². The summed E-state index contributed by atoms with van der Waals surface area (Å²) in [5.74, 6) is -1.15. The molecule has 0 aliphatic heterocycles. The molecule has 4 aromatic carbocycles. The fourth-order valence-electron chi connectivity index (χ4n) is 11.5. The molecule has 6 amide bonds. The van der Waals surface area contributed by atoms with Crippen molar-refractivity contribution in [1.82, 2.24) is 45.6 Å². The number of carbonyl (C=O) groups excluding carboxylic acids is 5. The monoisotopic (exact) mass is 1570 g/mol. The zero-order chi connectivity index (χ0) is 74.3. The van der Waals surface area contributed by atoms with Crippen LogP contribution in [0.3, 0.4) is 0 Å². The molecular formula is C80H116IN11O7S3. The molecule has 0 unspecified atom stereocenters. The highest BCUT2D eigenvalue weighted by molar-refractivity contribution is 14.0. The summed E-state index contributed by atoms with van der Waals surface area (Å²) in [5.41, 5.74) is 19.7. The average Bonchev–Trinajstić information content (AvgIpc) is 1.22. The summed E-state index contributed by atoms with van der Waals surface area (Å²) in [4.78, 5) is 97.0. The standard InChI is InChI=1S/C48H68N6O4S2.C18H24N2.C14H23N3O3S.HI/c1-31(2)41(26-43(56)53(9)27-39-29-59-46(50-39)33(5)6)45(57)49-38(24-36-19-15-12-16-20-36)22-21-37(23-35-17-13-11-14-18-35)25-42(55)44(32(3)4)52-48(58)54(10)28-40-30-60-47(51-40)34(7)8;19-17(13-15-7-3-1-4-8-15)11-12-18(20)14-16-9-5-2-6-10-16;1-8(2)11(13(18)19)16-14(20)17(5)6-10-7-21-12(15-10)9(3)4;/h11-20,29-34,37-38,41,44H,21-28H2,1-10H3,(H,49,57)(H,52,58);1-10,17-18H,11-14,19-20H2;7-9,11H,6H2,1-5H3,(H,16,20)(H,18,19);1H/t37-,38-,41+,44+;17-,18-;11-;/m110./s1. The van der Waals surface area contributed by atoms with Gasteiger partial charge in [-0.25, -0.2) is 29.3 Å². The van der Waals surface area contributed by atoms with Crippen molar-refractivity contribution in [1.29, 1.82) is 0 Å². The summed E-state index contributed by atoms with van der Waals surface area (Å²) >= 11 is 4.77. The van der Waals surface area contributed by atoms with Gasteiger partial charge in [-0.05, 0) is 97.3 Å². The van der Waals surface area contributed by atoms with Crippen LogP contribution in [0.4, 0.5) is 9.59 Å². The Morgan fingerprint density at radius 1 is 0.441 bits per heavy atom. The summed E-state index contributed by atoms with van der Waals surface area (Å²) in [6.07, 6.45) is 6.82. The maximum atomic E-state index is 14.2. The highest BCUT2D eigenvalue weighted by atomic mass is 127. The fourth-order valence-corrected chi connectivity index (χ4v) is 14.0. The maximum absolute atomic E-state index is 14.2. The number of hydrogen-bond acceptors (Lipinski definition) is 14. The van der Waals surface area contributed by atoms with Crippen LogP contribution in [0.5, 0.6) is 0 Å². The van der Waals surface area contributed by atoms with Crippen LogP contribution >= 0.6 is 58.0 Å². The first-order valence-electron chi connectivity index (χ1n) is 35.8. The molecule has 0 fully saturated rings. The Labute approximate surface area is 637 Å². The van der Waals surface area contributed by atoms with Crippen molar-refractivity contribution in [3.63, 3.8) is 0 Å². The van der Waals surface area contributed by atoms with Gasteiger partial charge in [-0.1, -0.05) is 204 Å². The van der Waals surface area contributed by atoms with Gasteiger partial charge in [0.15, 0.2) is 5.78 Å². The third kappa shape index (κ3) is 31.6. The van der Waals surface area contributed by atoms with E-state index in [4.69, 9.17) is 21.6 Å². The summed E-state index contributed by atoms with van der Waals surface area (Å²) in [5, 5.41) is 27.0.